The zero-order chi connectivity index (χ0) is 14.2. The van der Waals surface area contributed by atoms with Gasteiger partial charge in [-0.3, -0.25) is 0 Å². The third kappa shape index (κ3) is 2.79. The van der Waals surface area contributed by atoms with E-state index in [1.165, 1.54) is 0 Å². The summed E-state index contributed by atoms with van der Waals surface area (Å²) in [4.78, 5) is 0. The highest BCUT2D eigenvalue weighted by Gasteiger charge is 2.28. The van der Waals surface area contributed by atoms with E-state index >= 15 is 0 Å². The van der Waals surface area contributed by atoms with E-state index in [-0.39, 0.29) is 16.9 Å². The van der Waals surface area contributed by atoms with Crippen molar-refractivity contribution in [2.24, 2.45) is 0 Å². The third-order valence-electron chi connectivity index (χ3n) is 3.25. The Kier molecular flexibility index (Phi) is 3.92. The molecule has 2 nitrogen and oxygen atoms in total. The van der Waals surface area contributed by atoms with Gasteiger partial charge in [0.25, 0.3) is 0 Å². The molecule has 2 N–H and O–H groups in total. The van der Waals surface area contributed by atoms with Crippen LogP contribution in [-0.2, 0) is 5.41 Å². The summed E-state index contributed by atoms with van der Waals surface area (Å²) in [5, 5.41) is 19.4. The molecule has 0 saturated carbocycles. The second-order valence-electron chi connectivity index (χ2n) is 4.95. The molecule has 0 aliphatic heterocycles. The zero-order valence-electron chi connectivity index (χ0n) is 10.6. The number of hydrogen-bond donors (Lipinski definition) is 2. The lowest BCUT2D eigenvalue weighted by Crippen LogP contribution is -2.20. The number of aromatic hydroxyl groups is 2. The summed E-state index contributed by atoms with van der Waals surface area (Å²) in [6, 6.07) is 10.4. The van der Waals surface area contributed by atoms with Crippen molar-refractivity contribution >= 4 is 31.9 Å². The number of benzene rings is 2. The minimum atomic E-state index is -0.366. The van der Waals surface area contributed by atoms with Crippen molar-refractivity contribution in [1.82, 2.24) is 0 Å². The van der Waals surface area contributed by atoms with Gasteiger partial charge in [0.05, 0.1) is 0 Å². The van der Waals surface area contributed by atoms with Crippen molar-refractivity contribution < 1.29 is 10.2 Å². The molecule has 0 saturated heterocycles. The Morgan fingerprint density at radius 2 is 1.16 bits per heavy atom. The SMILES string of the molecule is CC(C)(c1cc(O)ccc1Br)c1cc(O)ccc1Br. The highest BCUT2D eigenvalue weighted by Crippen LogP contribution is 2.41. The van der Waals surface area contributed by atoms with Crippen LogP contribution in [0, 0.1) is 0 Å². The van der Waals surface area contributed by atoms with Gasteiger partial charge in [0.15, 0.2) is 0 Å². The summed E-state index contributed by atoms with van der Waals surface area (Å²) in [6.07, 6.45) is 0. The van der Waals surface area contributed by atoms with Crippen LogP contribution in [-0.4, -0.2) is 10.2 Å². The summed E-state index contributed by atoms with van der Waals surface area (Å²) in [7, 11) is 0. The second-order valence-corrected chi connectivity index (χ2v) is 6.66. The normalized spacial score (nSPS) is 11.6. The lowest BCUT2D eigenvalue weighted by atomic mass is 9.78. The average molecular weight is 386 g/mol. The van der Waals surface area contributed by atoms with Crippen molar-refractivity contribution in [2.75, 3.05) is 0 Å². The largest absolute Gasteiger partial charge is 0.508 e. The Morgan fingerprint density at radius 1 is 0.789 bits per heavy atom. The molecule has 0 spiro atoms. The number of halogens is 2. The van der Waals surface area contributed by atoms with Gasteiger partial charge in [0.1, 0.15) is 11.5 Å². The van der Waals surface area contributed by atoms with Gasteiger partial charge in [-0.2, -0.15) is 0 Å². The molecule has 0 fully saturated rings. The van der Waals surface area contributed by atoms with E-state index in [1.54, 1.807) is 24.3 Å². The number of hydrogen-bond acceptors (Lipinski definition) is 2. The van der Waals surface area contributed by atoms with Crippen molar-refractivity contribution in [1.29, 1.82) is 0 Å². The fourth-order valence-electron chi connectivity index (χ4n) is 2.13. The molecule has 0 aliphatic rings. The Morgan fingerprint density at radius 3 is 1.53 bits per heavy atom. The van der Waals surface area contributed by atoms with E-state index in [4.69, 9.17) is 0 Å². The van der Waals surface area contributed by atoms with E-state index in [0.29, 0.717) is 0 Å². The van der Waals surface area contributed by atoms with Gasteiger partial charge in [-0.15, -0.1) is 0 Å². The summed E-state index contributed by atoms with van der Waals surface area (Å²) in [5.74, 6) is 0.449. The monoisotopic (exact) mass is 384 g/mol. The number of rotatable bonds is 2. The van der Waals surface area contributed by atoms with Crippen molar-refractivity contribution in [3.63, 3.8) is 0 Å². The summed E-state index contributed by atoms with van der Waals surface area (Å²) in [6.45, 7) is 4.10. The molecule has 0 heterocycles. The molecule has 19 heavy (non-hydrogen) atoms. The smallest absolute Gasteiger partial charge is 0.115 e. The molecule has 100 valence electrons. The molecule has 0 atom stereocenters. The van der Waals surface area contributed by atoms with Gasteiger partial charge in [-0.1, -0.05) is 45.7 Å². The molecule has 0 aromatic heterocycles. The molecule has 4 heteroatoms. The highest BCUT2D eigenvalue weighted by molar-refractivity contribution is 9.10. The lowest BCUT2D eigenvalue weighted by molar-refractivity contribution is 0.469. The fourth-order valence-corrected chi connectivity index (χ4v) is 3.61. The van der Waals surface area contributed by atoms with Crippen LogP contribution in [0.25, 0.3) is 0 Å². The van der Waals surface area contributed by atoms with Crippen LogP contribution < -0.4 is 0 Å². The van der Waals surface area contributed by atoms with Crippen LogP contribution in [0.15, 0.2) is 45.3 Å². The van der Waals surface area contributed by atoms with Crippen molar-refractivity contribution in [3.05, 3.63) is 56.5 Å². The van der Waals surface area contributed by atoms with E-state index in [0.717, 1.165) is 20.1 Å². The molecular formula is C15H14Br2O2. The predicted octanol–water partition coefficient (Wildman–Crippen LogP) is 4.95. The van der Waals surface area contributed by atoms with Gasteiger partial charge in [0.2, 0.25) is 0 Å². The average Bonchev–Trinajstić information content (AvgIpc) is 2.35. The van der Waals surface area contributed by atoms with Crippen molar-refractivity contribution in [3.8, 4) is 11.5 Å². The first-order valence-corrected chi connectivity index (χ1v) is 7.39. The quantitative estimate of drug-likeness (QED) is 0.767. The maximum absolute atomic E-state index is 9.69. The van der Waals surface area contributed by atoms with Crippen LogP contribution in [0.1, 0.15) is 25.0 Å². The molecule has 0 amide bonds. The molecule has 2 aromatic rings. The summed E-state index contributed by atoms with van der Waals surface area (Å²) < 4.78 is 1.84. The topological polar surface area (TPSA) is 40.5 Å². The Bertz CT molecular complexity index is 568. The fraction of sp³-hybridized carbons (Fsp3) is 0.200. The van der Waals surface area contributed by atoms with Gasteiger partial charge in [-0.05, 0) is 47.5 Å². The molecule has 0 bridgehead atoms. The highest BCUT2D eigenvalue weighted by atomic mass is 79.9. The van der Waals surface area contributed by atoms with Gasteiger partial charge in [-0.25, -0.2) is 0 Å². The molecule has 2 aromatic carbocycles. The second kappa shape index (κ2) is 5.17. The van der Waals surface area contributed by atoms with E-state index < -0.39 is 0 Å². The van der Waals surface area contributed by atoms with E-state index in [9.17, 15) is 10.2 Å². The predicted molar refractivity (Wildman–Crippen MR) is 83.7 cm³/mol. The summed E-state index contributed by atoms with van der Waals surface area (Å²) >= 11 is 7.04. The molecular weight excluding hydrogens is 372 g/mol. The minimum Gasteiger partial charge on any atom is -0.508 e. The Labute approximate surface area is 129 Å². The number of phenolic OH excluding ortho intramolecular Hbond substituents is 2. The van der Waals surface area contributed by atoms with E-state index in [2.05, 4.69) is 31.9 Å². The van der Waals surface area contributed by atoms with Gasteiger partial charge in [0, 0.05) is 14.4 Å². The van der Waals surface area contributed by atoms with Crippen LogP contribution in [0.5, 0.6) is 11.5 Å². The Balaban J connectivity index is 2.64. The first-order chi connectivity index (χ1) is 8.82. The lowest BCUT2D eigenvalue weighted by Gasteiger charge is -2.28. The minimum absolute atomic E-state index is 0.225. The standard InChI is InChI=1S/C15H14Br2O2/c1-15(2,11-7-9(18)3-5-13(11)16)12-8-10(19)4-6-14(12)17/h3-8,18-19H,1-2H3. The molecule has 0 aliphatic carbocycles. The first-order valence-electron chi connectivity index (χ1n) is 5.80. The summed E-state index contributed by atoms with van der Waals surface area (Å²) in [5.41, 5.74) is 1.55. The third-order valence-corrected chi connectivity index (χ3v) is 4.63. The van der Waals surface area contributed by atoms with Gasteiger partial charge < -0.3 is 10.2 Å². The number of phenols is 2. The molecule has 2 rings (SSSR count). The Hall–Kier alpha value is -1.00. The van der Waals surface area contributed by atoms with Crippen LogP contribution in [0.3, 0.4) is 0 Å². The molecule has 0 unspecified atom stereocenters. The molecule has 0 radical (unpaired) electrons. The van der Waals surface area contributed by atoms with Gasteiger partial charge >= 0.3 is 0 Å². The van der Waals surface area contributed by atoms with Crippen LogP contribution >= 0.6 is 31.9 Å². The van der Waals surface area contributed by atoms with Crippen LogP contribution in [0.2, 0.25) is 0 Å². The maximum Gasteiger partial charge on any atom is 0.115 e. The first kappa shape index (κ1) is 14.4. The van der Waals surface area contributed by atoms with Crippen LogP contribution in [0.4, 0.5) is 0 Å². The maximum atomic E-state index is 9.69. The zero-order valence-corrected chi connectivity index (χ0v) is 13.8. The van der Waals surface area contributed by atoms with Crippen molar-refractivity contribution in [2.45, 2.75) is 19.3 Å². The van der Waals surface area contributed by atoms with E-state index in [1.807, 2.05) is 26.0 Å².